The first kappa shape index (κ1) is 32.4. The monoisotopic (exact) mass is 684 g/mol. The lowest BCUT2D eigenvalue weighted by Gasteiger charge is -2.32. The standard InChI is InChI=1S/C39H29FN4O5S/c40-34-21-28(16-17-35(34)49-24-26-10-4-1-5-11-26)37-29(23-43(42-37)30-14-8-3-9-15-30)20-32-36(27-12-6-2-7-13-27)33(22-41)39(46)44(38(32)45)31-18-19-50(47,48)25-31/h1-17,20-21,23,31H,18-19,24-25H2/b32-20-. The highest BCUT2D eigenvalue weighted by molar-refractivity contribution is 7.91. The van der Waals surface area contributed by atoms with Crippen molar-refractivity contribution in [1.29, 1.82) is 5.26 Å². The molecule has 9 nitrogen and oxygen atoms in total. The molecule has 50 heavy (non-hydrogen) atoms. The smallest absolute Gasteiger partial charge is 0.272 e. The zero-order valence-electron chi connectivity index (χ0n) is 26.6. The lowest BCUT2D eigenvalue weighted by atomic mass is 9.86. The first-order valence-corrected chi connectivity index (χ1v) is 17.7. The van der Waals surface area contributed by atoms with E-state index in [0.29, 0.717) is 28.1 Å². The Labute approximate surface area is 288 Å². The van der Waals surface area contributed by atoms with Crippen LogP contribution in [-0.4, -0.2) is 52.5 Å². The van der Waals surface area contributed by atoms with Gasteiger partial charge in [0, 0.05) is 22.9 Å². The summed E-state index contributed by atoms with van der Waals surface area (Å²) in [5.74, 6) is -2.69. The van der Waals surface area contributed by atoms with Crippen LogP contribution in [-0.2, 0) is 26.0 Å². The molecule has 1 fully saturated rings. The van der Waals surface area contributed by atoms with E-state index in [-0.39, 0.29) is 47.0 Å². The summed E-state index contributed by atoms with van der Waals surface area (Å²) in [6, 6.07) is 32.7. The number of hydrogen-bond donors (Lipinski definition) is 0. The fourth-order valence-electron chi connectivity index (χ4n) is 6.23. The van der Waals surface area contributed by atoms with Gasteiger partial charge in [-0.3, -0.25) is 14.5 Å². The topological polar surface area (TPSA) is 122 Å². The van der Waals surface area contributed by atoms with Gasteiger partial charge in [-0.15, -0.1) is 0 Å². The van der Waals surface area contributed by atoms with Crippen molar-refractivity contribution in [2.75, 3.05) is 11.5 Å². The number of amides is 2. The van der Waals surface area contributed by atoms with Crippen LogP contribution in [0.4, 0.5) is 4.39 Å². The number of carbonyl (C=O) groups excluding carboxylic acids is 2. The minimum Gasteiger partial charge on any atom is -0.486 e. The summed E-state index contributed by atoms with van der Waals surface area (Å²) in [5, 5.41) is 15.1. The van der Waals surface area contributed by atoms with Gasteiger partial charge in [-0.05, 0) is 54.0 Å². The molecule has 2 amide bonds. The average Bonchev–Trinajstić information content (AvgIpc) is 3.72. The zero-order chi connectivity index (χ0) is 34.8. The van der Waals surface area contributed by atoms with Crippen molar-refractivity contribution in [3.05, 3.63) is 149 Å². The highest BCUT2D eigenvalue weighted by Gasteiger charge is 2.45. The Morgan fingerprint density at radius 3 is 2.22 bits per heavy atom. The van der Waals surface area contributed by atoms with E-state index in [9.17, 15) is 23.3 Å². The number of hydrogen-bond acceptors (Lipinski definition) is 7. The molecule has 248 valence electrons. The third kappa shape index (κ3) is 6.36. The van der Waals surface area contributed by atoms with Crippen molar-refractivity contribution in [1.82, 2.24) is 14.7 Å². The molecule has 1 atom stereocenters. The molecule has 2 aliphatic heterocycles. The van der Waals surface area contributed by atoms with Gasteiger partial charge < -0.3 is 4.74 Å². The average molecular weight is 685 g/mol. The molecule has 0 radical (unpaired) electrons. The largest absolute Gasteiger partial charge is 0.486 e. The Bertz CT molecular complexity index is 2330. The van der Waals surface area contributed by atoms with Crippen molar-refractivity contribution >= 4 is 33.3 Å². The zero-order valence-corrected chi connectivity index (χ0v) is 27.4. The fourth-order valence-corrected chi connectivity index (χ4v) is 7.93. The number of ether oxygens (including phenoxy) is 1. The van der Waals surface area contributed by atoms with E-state index < -0.39 is 33.5 Å². The molecule has 5 aromatic rings. The first-order valence-electron chi connectivity index (χ1n) is 15.8. The molecule has 1 unspecified atom stereocenters. The minimum absolute atomic E-state index is 0.00814. The summed E-state index contributed by atoms with van der Waals surface area (Å²) in [6.07, 6.45) is 3.28. The maximum absolute atomic E-state index is 15.6. The van der Waals surface area contributed by atoms with Gasteiger partial charge >= 0.3 is 0 Å². The number of imide groups is 1. The number of sulfone groups is 1. The van der Waals surface area contributed by atoms with E-state index in [1.54, 1.807) is 47.3 Å². The van der Waals surface area contributed by atoms with Crippen LogP contribution in [0.2, 0.25) is 0 Å². The van der Waals surface area contributed by atoms with Gasteiger partial charge in [0.05, 0.1) is 28.8 Å². The number of benzene rings is 4. The summed E-state index contributed by atoms with van der Waals surface area (Å²) in [6.45, 7) is 0.173. The second-order valence-corrected chi connectivity index (χ2v) is 14.2. The molecule has 0 aliphatic carbocycles. The lowest BCUT2D eigenvalue weighted by Crippen LogP contribution is -2.49. The van der Waals surface area contributed by atoms with Crippen molar-refractivity contribution < 1.29 is 27.1 Å². The molecule has 11 heteroatoms. The van der Waals surface area contributed by atoms with Crippen LogP contribution in [0.1, 0.15) is 23.1 Å². The van der Waals surface area contributed by atoms with Gasteiger partial charge in [-0.2, -0.15) is 10.4 Å². The van der Waals surface area contributed by atoms with Crippen LogP contribution >= 0.6 is 0 Å². The normalized spacial score (nSPS) is 18.0. The number of para-hydroxylation sites is 1. The maximum atomic E-state index is 15.6. The number of halogens is 1. The van der Waals surface area contributed by atoms with Gasteiger partial charge in [0.1, 0.15) is 23.9 Å². The molecule has 7 rings (SSSR count). The number of carbonyl (C=O) groups is 2. The van der Waals surface area contributed by atoms with Crippen LogP contribution in [0.5, 0.6) is 5.75 Å². The molecular formula is C39H29FN4O5S. The summed E-state index contributed by atoms with van der Waals surface area (Å²) in [7, 11) is -3.48. The predicted molar refractivity (Wildman–Crippen MR) is 186 cm³/mol. The molecule has 4 aromatic carbocycles. The Hall–Kier alpha value is -6.12. The van der Waals surface area contributed by atoms with Crippen molar-refractivity contribution in [2.45, 2.75) is 19.1 Å². The Morgan fingerprint density at radius 1 is 0.900 bits per heavy atom. The quantitative estimate of drug-likeness (QED) is 0.141. The van der Waals surface area contributed by atoms with Gasteiger partial charge in [0.2, 0.25) is 0 Å². The van der Waals surface area contributed by atoms with E-state index in [4.69, 9.17) is 9.84 Å². The summed E-state index contributed by atoms with van der Waals surface area (Å²) in [5.41, 5.74) is 2.98. The predicted octanol–water partition coefficient (Wildman–Crippen LogP) is 6.17. The van der Waals surface area contributed by atoms with E-state index in [2.05, 4.69) is 0 Å². The summed E-state index contributed by atoms with van der Waals surface area (Å²) < 4.78 is 47.7. The Morgan fingerprint density at radius 2 is 1.58 bits per heavy atom. The highest BCUT2D eigenvalue weighted by atomic mass is 32.2. The van der Waals surface area contributed by atoms with Gasteiger partial charge in [-0.1, -0.05) is 78.9 Å². The van der Waals surface area contributed by atoms with E-state index in [1.165, 1.54) is 18.2 Å². The molecular weight excluding hydrogens is 656 g/mol. The van der Waals surface area contributed by atoms with Crippen molar-refractivity contribution in [2.24, 2.45) is 0 Å². The molecule has 0 spiro atoms. The molecule has 0 N–H and O–H groups in total. The van der Waals surface area contributed by atoms with Crippen LogP contribution in [0.15, 0.2) is 127 Å². The summed E-state index contributed by atoms with van der Waals surface area (Å²) in [4.78, 5) is 29.1. The third-order valence-electron chi connectivity index (χ3n) is 8.65. The lowest BCUT2D eigenvalue weighted by molar-refractivity contribution is -0.142. The highest BCUT2D eigenvalue weighted by Crippen LogP contribution is 2.38. The molecule has 1 saturated heterocycles. The van der Waals surface area contributed by atoms with E-state index in [1.807, 2.05) is 66.7 Å². The van der Waals surface area contributed by atoms with Gasteiger partial charge in [0.25, 0.3) is 11.8 Å². The number of aromatic nitrogens is 2. The van der Waals surface area contributed by atoms with E-state index in [0.717, 1.165) is 10.5 Å². The number of nitriles is 1. The molecule has 0 bridgehead atoms. The van der Waals surface area contributed by atoms with Crippen molar-refractivity contribution in [3.8, 4) is 28.8 Å². The molecule has 0 saturated carbocycles. The third-order valence-corrected chi connectivity index (χ3v) is 10.4. The number of rotatable bonds is 8. The maximum Gasteiger partial charge on any atom is 0.272 e. The van der Waals surface area contributed by atoms with Gasteiger partial charge in [0.15, 0.2) is 21.4 Å². The second kappa shape index (κ2) is 13.4. The first-order chi connectivity index (χ1) is 24.2. The second-order valence-electron chi connectivity index (χ2n) is 12.0. The van der Waals surface area contributed by atoms with Crippen LogP contribution in [0.3, 0.4) is 0 Å². The summed E-state index contributed by atoms with van der Waals surface area (Å²) >= 11 is 0. The SMILES string of the molecule is N#CC1=C(c2ccccc2)/C(=C/c2cn(-c3ccccc3)nc2-c2ccc(OCc3ccccc3)c(F)c2)C(=O)N(C2CCS(=O)(=O)C2)C1=O. The van der Waals surface area contributed by atoms with Crippen LogP contribution < -0.4 is 4.74 Å². The Kier molecular flexibility index (Phi) is 8.70. The molecule has 3 heterocycles. The fraction of sp³-hybridized carbons (Fsp3) is 0.128. The number of nitrogens with zero attached hydrogens (tertiary/aromatic N) is 4. The van der Waals surface area contributed by atoms with Crippen LogP contribution in [0.25, 0.3) is 28.6 Å². The van der Waals surface area contributed by atoms with Gasteiger partial charge in [-0.25, -0.2) is 17.5 Å². The van der Waals surface area contributed by atoms with Crippen LogP contribution in [0, 0.1) is 17.1 Å². The van der Waals surface area contributed by atoms with E-state index >= 15 is 4.39 Å². The molecule has 1 aromatic heterocycles. The molecule has 2 aliphatic rings. The minimum atomic E-state index is -3.48. The Balaban J connectivity index is 1.38. The van der Waals surface area contributed by atoms with Crippen molar-refractivity contribution in [3.63, 3.8) is 0 Å².